The molecule has 4 nitrogen and oxygen atoms in total. The van der Waals surface area contributed by atoms with E-state index in [4.69, 9.17) is 10.2 Å². The summed E-state index contributed by atoms with van der Waals surface area (Å²) in [5, 5.41) is 15.2. The van der Waals surface area contributed by atoms with Gasteiger partial charge in [-0.25, -0.2) is 9.78 Å². The Balaban J connectivity index is 0.000000148. The fraction of sp³-hybridized carbons (Fsp3) is 1.00. The van der Waals surface area contributed by atoms with Gasteiger partial charge in [-0.3, -0.25) is 0 Å². The van der Waals surface area contributed by atoms with Crippen molar-refractivity contribution in [3.05, 3.63) is 0 Å². The van der Waals surface area contributed by atoms with Crippen LogP contribution in [0, 0.1) is 0 Å². The van der Waals surface area contributed by atoms with Gasteiger partial charge < -0.3 is 10.2 Å². The molecule has 0 aliphatic carbocycles. The quantitative estimate of drug-likeness (QED) is 0.468. The molecule has 1 fully saturated rings. The van der Waals surface area contributed by atoms with Gasteiger partial charge in [-0.2, -0.15) is 0 Å². The van der Waals surface area contributed by atoms with Gasteiger partial charge in [0.1, 0.15) is 12.7 Å². The van der Waals surface area contributed by atoms with E-state index in [1.807, 2.05) is 6.92 Å². The van der Waals surface area contributed by atoms with E-state index in [2.05, 4.69) is 9.78 Å². The summed E-state index contributed by atoms with van der Waals surface area (Å²) in [4.78, 5) is 8.77. The molecule has 56 valence electrons. The highest BCUT2D eigenvalue weighted by Gasteiger charge is 2.11. The van der Waals surface area contributed by atoms with Crippen LogP contribution in [0.5, 0.6) is 0 Å². The third kappa shape index (κ3) is 5.72. The lowest BCUT2D eigenvalue weighted by molar-refractivity contribution is -0.419. The molecule has 4 heteroatoms. The molecule has 2 N–H and O–H groups in total. The maximum absolute atomic E-state index is 7.62. The van der Waals surface area contributed by atoms with E-state index in [-0.39, 0.29) is 13.2 Å². The number of aliphatic hydroxyl groups excluding tert-OH is 2. The Hall–Kier alpha value is -0.160. The van der Waals surface area contributed by atoms with Crippen molar-refractivity contribution in [2.75, 3.05) is 19.8 Å². The number of hydrogen-bond donors (Lipinski definition) is 2. The Bertz CT molecular complexity index is 50.9. The van der Waals surface area contributed by atoms with Gasteiger partial charge in [-0.15, -0.1) is 0 Å². The van der Waals surface area contributed by atoms with Crippen molar-refractivity contribution >= 4 is 0 Å². The van der Waals surface area contributed by atoms with Crippen molar-refractivity contribution in [2.24, 2.45) is 0 Å². The van der Waals surface area contributed by atoms with Crippen LogP contribution in [0.25, 0.3) is 0 Å². The Labute approximate surface area is 53.9 Å². The molecule has 0 aromatic carbocycles. The van der Waals surface area contributed by atoms with Gasteiger partial charge in [-0.05, 0) is 6.92 Å². The molecular weight excluding hydrogens is 124 g/mol. The van der Waals surface area contributed by atoms with Crippen molar-refractivity contribution in [3.8, 4) is 0 Å². The smallest absolute Gasteiger partial charge is 0.117 e. The third-order valence-corrected chi connectivity index (χ3v) is 0.635. The Kier molecular flexibility index (Phi) is 5.86. The first kappa shape index (κ1) is 8.84. The monoisotopic (exact) mass is 136 g/mol. The van der Waals surface area contributed by atoms with Crippen molar-refractivity contribution in [3.63, 3.8) is 0 Å². The molecule has 0 bridgehead atoms. The molecule has 9 heavy (non-hydrogen) atoms. The molecule has 0 saturated carbocycles. The van der Waals surface area contributed by atoms with E-state index in [9.17, 15) is 0 Å². The van der Waals surface area contributed by atoms with E-state index in [0.717, 1.165) is 6.61 Å². The van der Waals surface area contributed by atoms with Gasteiger partial charge in [0.25, 0.3) is 0 Å². The molecule has 0 aromatic rings. The van der Waals surface area contributed by atoms with Crippen LogP contribution in [0.15, 0.2) is 0 Å². The zero-order valence-electron chi connectivity index (χ0n) is 5.41. The molecule has 0 aromatic heterocycles. The zero-order valence-corrected chi connectivity index (χ0v) is 5.41. The van der Waals surface area contributed by atoms with E-state index in [0.29, 0.717) is 6.10 Å². The molecule has 1 aliphatic heterocycles. The fourth-order valence-electron chi connectivity index (χ4n) is 0.204. The Morgan fingerprint density at radius 3 is 1.78 bits per heavy atom. The van der Waals surface area contributed by atoms with Gasteiger partial charge in [0.15, 0.2) is 0 Å². The molecule has 1 aliphatic rings. The minimum absolute atomic E-state index is 0.125. The van der Waals surface area contributed by atoms with Gasteiger partial charge >= 0.3 is 0 Å². The van der Waals surface area contributed by atoms with Crippen LogP contribution in [0.1, 0.15) is 6.92 Å². The zero-order chi connectivity index (χ0) is 7.11. The minimum Gasteiger partial charge on any atom is -0.394 e. The van der Waals surface area contributed by atoms with Crippen LogP contribution in [-0.4, -0.2) is 36.1 Å². The van der Waals surface area contributed by atoms with Crippen LogP contribution in [0.3, 0.4) is 0 Å². The second kappa shape index (κ2) is 5.97. The summed E-state index contributed by atoms with van der Waals surface area (Å²) < 4.78 is 0. The van der Waals surface area contributed by atoms with Gasteiger partial charge in [0, 0.05) is 0 Å². The Morgan fingerprint density at radius 2 is 1.78 bits per heavy atom. The molecule has 1 atom stereocenters. The Morgan fingerprint density at radius 1 is 1.44 bits per heavy atom. The highest BCUT2D eigenvalue weighted by molar-refractivity contribution is 4.45. The second-order valence-corrected chi connectivity index (χ2v) is 1.64. The molecule has 0 spiro atoms. The fourth-order valence-corrected chi connectivity index (χ4v) is 0.204. The third-order valence-electron chi connectivity index (χ3n) is 0.635. The van der Waals surface area contributed by atoms with Gasteiger partial charge in [0.05, 0.1) is 13.2 Å². The summed E-state index contributed by atoms with van der Waals surface area (Å²) >= 11 is 0. The van der Waals surface area contributed by atoms with Gasteiger partial charge in [-0.1, -0.05) is 0 Å². The first-order valence-electron chi connectivity index (χ1n) is 2.81. The predicted octanol–water partition coefficient (Wildman–Crippen LogP) is -0.692. The van der Waals surface area contributed by atoms with E-state index >= 15 is 0 Å². The predicted molar refractivity (Wildman–Crippen MR) is 30.7 cm³/mol. The van der Waals surface area contributed by atoms with E-state index < -0.39 is 0 Å². The lowest BCUT2D eigenvalue weighted by Gasteiger charge is -2.18. The molecule has 1 heterocycles. The number of rotatable bonds is 1. The van der Waals surface area contributed by atoms with E-state index in [1.54, 1.807) is 0 Å². The highest BCUT2D eigenvalue weighted by Crippen LogP contribution is 2.02. The van der Waals surface area contributed by atoms with Crippen molar-refractivity contribution in [1.29, 1.82) is 0 Å². The summed E-state index contributed by atoms with van der Waals surface area (Å²) in [6.07, 6.45) is 0.343. The first-order chi connectivity index (χ1) is 4.31. The topological polar surface area (TPSA) is 58.9 Å². The lowest BCUT2D eigenvalue weighted by Crippen LogP contribution is -2.26. The molecule has 0 amide bonds. The maximum Gasteiger partial charge on any atom is 0.117 e. The highest BCUT2D eigenvalue weighted by atomic mass is 17.2. The summed E-state index contributed by atoms with van der Waals surface area (Å²) in [5.41, 5.74) is 0. The summed E-state index contributed by atoms with van der Waals surface area (Å²) in [6, 6.07) is 0. The van der Waals surface area contributed by atoms with Crippen LogP contribution in [0.4, 0.5) is 0 Å². The SMILES string of the molecule is CC1COO1.OCCO. The summed E-state index contributed by atoms with van der Waals surface area (Å²) in [6.45, 7) is 2.48. The van der Waals surface area contributed by atoms with Crippen LogP contribution >= 0.6 is 0 Å². The second-order valence-electron chi connectivity index (χ2n) is 1.64. The first-order valence-corrected chi connectivity index (χ1v) is 2.81. The van der Waals surface area contributed by atoms with Gasteiger partial charge in [0.2, 0.25) is 0 Å². The molecule has 1 unspecified atom stereocenters. The largest absolute Gasteiger partial charge is 0.394 e. The van der Waals surface area contributed by atoms with E-state index in [1.165, 1.54) is 0 Å². The number of hydrogen-bond acceptors (Lipinski definition) is 4. The summed E-state index contributed by atoms with van der Waals surface area (Å²) in [5.74, 6) is 0. The average Bonchev–Trinajstić information content (AvgIpc) is 1.84. The van der Waals surface area contributed by atoms with Crippen LogP contribution in [-0.2, 0) is 9.78 Å². The minimum atomic E-state index is -0.125. The van der Waals surface area contributed by atoms with Crippen molar-refractivity contribution in [1.82, 2.24) is 0 Å². The number of aliphatic hydroxyl groups is 2. The molecule has 1 rings (SSSR count). The van der Waals surface area contributed by atoms with Crippen LogP contribution in [0.2, 0.25) is 0 Å². The van der Waals surface area contributed by atoms with Crippen molar-refractivity contribution < 1.29 is 20.0 Å². The normalized spacial score (nSPS) is 23.7. The molecule has 1 saturated heterocycles. The maximum atomic E-state index is 7.62. The standard InChI is InChI=1S/C3H6O2.C2H6O2/c1-3-2-4-5-3;3-1-2-4/h3H,2H2,1H3;3-4H,1-2H2. The average molecular weight is 136 g/mol. The molecule has 0 radical (unpaired) electrons. The van der Waals surface area contributed by atoms with Crippen molar-refractivity contribution in [2.45, 2.75) is 13.0 Å². The summed E-state index contributed by atoms with van der Waals surface area (Å²) in [7, 11) is 0. The molecular formula is C5H12O4. The lowest BCUT2D eigenvalue weighted by atomic mass is 10.4. The van der Waals surface area contributed by atoms with Crippen LogP contribution < -0.4 is 0 Å².